The number of thiophene rings is 1. The van der Waals surface area contributed by atoms with Crippen molar-refractivity contribution in [1.29, 1.82) is 0 Å². The third-order valence-electron chi connectivity index (χ3n) is 1.20. The fourth-order valence-electron chi connectivity index (χ4n) is 0.704. The van der Waals surface area contributed by atoms with Crippen LogP contribution < -0.4 is 0 Å². The van der Waals surface area contributed by atoms with E-state index in [4.69, 9.17) is 5.11 Å². The van der Waals surface area contributed by atoms with Crippen molar-refractivity contribution in [2.45, 2.75) is 0 Å². The summed E-state index contributed by atoms with van der Waals surface area (Å²) in [5.74, 6) is -0.933. The summed E-state index contributed by atoms with van der Waals surface area (Å²) in [5.41, 5.74) is 0. The first-order chi connectivity index (χ1) is 6.18. The number of aliphatic carboxylic acids is 1. The molecule has 13 heavy (non-hydrogen) atoms. The lowest BCUT2D eigenvalue weighted by molar-refractivity contribution is -0.131. The van der Waals surface area contributed by atoms with Crippen LogP contribution in [0.2, 0.25) is 0 Å². The molecule has 0 spiro atoms. The zero-order valence-corrected chi connectivity index (χ0v) is 9.01. The molecule has 1 rings (SSSR count). The first-order valence-corrected chi connectivity index (χ1v) is 5.17. The van der Waals surface area contributed by atoms with Gasteiger partial charge in [0.15, 0.2) is 0 Å². The molecule has 1 aromatic rings. The van der Waals surface area contributed by atoms with Gasteiger partial charge in [0.2, 0.25) is 0 Å². The van der Waals surface area contributed by atoms with Crippen LogP contribution in [-0.4, -0.2) is 11.1 Å². The molecule has 0 radical (unpaired) electrons. The molecule has 0 fully saturated rings. The number of carbonyl (C=O) groups is 1. The molecule has 0 unspecified atom stereocenters. The van der Waals surface area contributed by atoms with Gasteiger partial charge in [-0.3, -0.25) is 0 Å². The summed E-state index contributed by atoms with van der Waals surface area (Å²) in [6.07, 6.45) is 6.15. The van der Waals surface area contributed by atoms with Crippen LogP contribution in [0, 0.1) is 0 Å². The van der Waals surface area contributed by atoms with Gasteiger partial charge in [-0.05, 0) is 28.1 Å². The molecule has 0 bridgehead atoms. The predicted molar refractivity (Wildman–Crippen MR) is 57.8 cm³/mol. The van der Waals surface area contributed by atoms with E-state index in [0.717, 1.165) is 15.4 Å². The Morgan fingerprint density at radius 3 is 2.85 bits per heavy atom. The van der Waals surface area contributed by atoms with E-state index in [1.54, 1.807) is 17.4 Å². The number of halogens is 1. The Labute approximate surface area is 88.3 Å². The summed E-state index contributed by atoms with van der Waals surface area (Å²) in [6, 6.07) is 1.97. The number of hydrogen-bond acceptors (Lipinski definition) is 2. The number of hydrogen-bond donors (Lipinski definition) is 1. The molecule has 0 aliphatic heterocycles. The van der Waals surface area contributed by atoms with Crippen molar-refractivity contribution in [2.75, 3.05) is 0 Å². The minimum Gasteiger partial charge on any atom is -0.478 e. The third kappa shape index (κ3) is 4.05. The van der Waals surface area contributed by atoms with E-state index in [0.29, 0.717) is 0 Å². The second kappa shape index (κ2) is 4.99. The van der Waals surface area contributed by atoms with Crippen molar-refractivity contribution >= 4 is 39.3 Å². The molecule has 0 saturated heterocycles. The molecule has 2 nitrogen and oxygen atoms in total. The van der Waals surface area contributed by atoms with Crippen molar-refractivity contribution in [2.24, 2.45) is 0 Å². The number of carboxylic acids is 1. The fraction of sp³-hybridized carbons (Fsp3) is 0. The van der Waals surface area contributed by atoms with Gasteiger partial charge < -0.3 is 5.11 Å². The Morgan fingerprint density at radius 2 is 2.31 bits per heavy atom. The largest absolute Gasteiger partial charge is 0.478 e. The molecule has 0 saturated carbocycles. The number of rotatable bonds is 3. The van der Waals surface area contributed by atoms with Crippen molar-refractivity contribution in [3.05, 3.63) is 39.0 Å². The molecule has 0 aromatic carbocycles. The summed E-state index contributed by atoms with van der Waals surface area (Å²) in [7, 11) is 0. The van der Waals surface area contributed by atoms with Gasteiger partial charge in [-0.2, -0.15) is 0 Å². The lowest BCUT2D eigenvalue weighted by atomic mass is 10.4. The summed E-state index contributed by atoms with van der Waals surface area (Å²) < 4.78 is 1.04. The summed E-state index contributed by atoms with van der Waals surface area (Å²) in [4.78, 5) is 11.2. The maximum absolute atomic E-state index is 10.1. The van der Waals surface area contributed by atoms with E-state index in [9.17, 15) is 4.79 Å². The van der Waals surface area contributed by atoms with Gasteiger partial charge in [0.05, 0.1) is 0 Å². The van der Waals surface area contributed by atoms with Crippen LogP contribution in [0.4, 0.5) is 0 Å². The van der Waals surface area contributed by atoms with E-state index >= 15 is 0 Å². The molecular weight excluding hydrogens is 252 g/mol. The molecule has 1 N–H and O–H groups in total. The minimum atomic E-state index is -0.933. The normalized spacial score (nSPS) is 11.5. The lowest BCUT2D eigenvalue weighted by Crippen LogP contribution is -1.84. The van der Waals surface area contributed by atoms with Crippen molar-refractivity contribution < 1.29 is 9.90 Å². The quantitative estimate of drug-likeness (QED) is 0.668. The Kier molecular flexibility index (Phi) is 3.92. The molecule has 68 valence electrons. The van der Waals surface area contributed by atoms with Gasteiger partial charge in [-0.15, -0.1) is 11.3 Å². The van der Waals surface area contributed by atoms with Gasteiger partial charge in [0.25, 0.3) is 0 Å². The molecule has 4 heteroatoms. The summed E-state index contributed by atoms with van der Waals surface area (Å²) in [5, 5.41) is 10.3. The van der Waals surface area contributed by atoms with Crippen LogP contribution in [-0.2, 0) is 4.79 Å². The van der Waals surface area contributed by atoms with Crippen LogP contribution in [0.3, 0.4) is 0 Å². The highest BCUT2D eigenvalue weighted by Gasteiger charge is 1.90. The number of allylic oxidation sites excluding steroid dienone is 2. The van der Waals surface area contributed by atoms with Crippen molar-refractivity contribution in [1.82, 2.24) is 0 Å². The Balaban J connectivity index is 2.54. The van der Waals surface area contributed by atoms with E-state index < -0.39 is 5.97 Å². The van der Waals surface area contributed by atoms with Gasteiger partial charge >= 0.3 is 5.97 Å². The molecule has 1 heterocycles. The first kappa shape index (κ1) is 10.2. The molecule has 0 aliphatic rings. The lowest BCUT2D eigenvalue weighted by Gasteiger charge is -1.79. The van der Waals surface area contributed by atoms with Gasteiger partial charge in [0, 0.05) is 20.8 Å². The average molecular weight is 259 g/mol. The van der Waals surface area contributed by atoms with Crippen LogP contribution >= 0.6 is 27.3 Å². The predicted octanol–water partition coefficient (Wildman–Crippen LogP) is 3.16. The van der Waals surface area contributed by atoms with Crippen LogP contribution in [0.15, 0.2) is 34.1 Å². The maximum Gasteiger partial charge on any atom is 0.328 e. The van der Waals surface area contributed by atoms with Crippen LogP contribution in [0.25, 0.3) is 6.08 Å². The second-order valence-electron chi connectivity index (χ2n) is 2.22. The SMILES string of the molecule is O=C(O)/C=C/C=C/c1cc(Br)cs1. The standard InChI is InChI=1S/C9H7BrO2S/c10-7-5-8(13-6-7)3-1-2-4-9(11)12/h1-6H,(H,11,12)/b3-1+,4-2+. The summed E-state index contributed by atoms with van der Waals surface area (Å²) >= 11 is 4.92. The Bertz CT molecular complexity index is 352. The van der Waals surface area contributed by atoms with E-state index in [1.807, 2.05) is 17.5 Å². The van der Waals surface area contributed by atoms with Gasteiger partial charge in [-0.25, -0.2) is 4.79 Å². The zero-order valence-electron chi connectivity index (χ0n) is 6.61. The van der Waals surface area contributed by atoms with Gasteiger partial charge in [0.1, 0.15) is 0 Å². The maximum atomic E-state index is 10.1. The van der Waals surface area contributed by atoms with E-state index in [1.165, 1.54) is 6.08 Å². The van der Waals surface area contributed by atoms with Crippen LogP contribution in [0.1, 0.15) is 4.88 Å². The highest BCUT2D eigenvalue weighted by atomic mass is 79.9. The average Bonchev–Trinajstić information content (AvgIpc) is 2.45. The minimum absolute atomic E-state index is 0.933. The second-order valence-corrected chi connectivity index (χ2v) is 4.08. The van der Waals surface area contributed by atoms with E-state index in [-0.39, 0.29) is 0 Å². The monoisotopic (exact) mass is 258 g/mol. The Morgan fingerprint density at radius 1 is 1.54 bits per heavy atom. The zero-order chi connectivity index (χ0) is 9.68. The Hall–Kier alpha value is -0.870. The van der Waals surface area contributed by atoms with Crippen molar-refractivity contribution in [3.8, 4) is 0 Å². The highest BCUT2D eigenvalue weighted by Crippen LogP contribution is 2.20. The topological polar surface area (TPSA) is 37.3 Å². The van der Waals surface area contributed by atoms with Gasteiger partial charge in [-0.1, -0.05) is 12.2 Å². The highest BCUT2D eigenvalue weighted by molar-refractivity contribution is 9.10. The molecule has 1 aromatic heterocycles. The number of carboxylic acid groups (broad SMARTS) is 1. The van der Waals surface area contributed by atoms with Crippen molar-refractivity contribution in [3.63, 3.8) is 0 Å². The third-order valence-corrected chi connectivity index (χ3v) is 2.86. The molecular formula is C9H7BrO2S. The fourth-order valence-corrected chi connectivity index (χ4v) is 2.05. The molecule has 0 aliphatic carbocycles. The summed E-state index contributed by atoms with van der Waals surface area (Å²) in [6.45, 7) is 0. The van der Waals surface area contributed by atoms with E-state index in [2.05, 4.69) is 15.9 Å². The molecule has 0 atom stereocenters. The molecule has 0 amide bonds. The first-order valence-electron chi connectivity index (χ1n) is 3.50. The smallest absolute Gasteiger partial charge is 0.328 e. The van der Waals surface area contributed by atoms with Crippen LogP contribution in [0.5, 0.6) is 0 Å².